The molecule has 2 aromatic carbocycles. The summed E-state index contributed by atoms with van der Waals surface area (Å²) >= 11 is 12.3. The van der Waals surface area contributed by atoms with Crippen molar-refractivity contribution in [3.05, 3.63) is 58.1 Å². The number of hydrogen-bond donors (Lipinski definition) is 1. The molecule has 8 nitrogen and oxygen atoms in total. The number of anilines is 1. The molecule has 2 aromatic rings. The van der Waals surface area contributed by atoms with Gasteiger partial charge in [0.2, 0.25) is 21.8 Å². The first-order valence-corrected chi connectivity index (χ1v) is 14.2. The third-order valence-corrected chi connectivity index (χ3v) is 7.29. The van der Waals surface area contributed by atoms with Gasteiger partial charge in [-0.25, -0.2) is 8.42 Å². The van der Waals surface area contributed by atoms with E-state index in [0.717, 1.165) is 22.5 Å². The number of nitrogens with one attached hydrogen (secondary N) is 1. The smallest absolute Gasteiger partial charge is 0.242 e. The van der Waals surface area contributed by atoms with Gasteiger partial charge in [0.05, 0.1) is 24.1 Å². The maximum absolute atomic E-state index is 13.3. The number of nitrogens with zero attached hydrogens (tertiary/aromatic N) is 2. The first-order chi connectivity index (χ1) is 17.0. The minimum absolute atomic E-state index is 0.0252. The van der Waals surface area contributed by atoms with Gasteiger partial charge in [0, 0.05) is 31.1 Å². The van der Waals surface area contributed by atoms with Crippen molar-refractivity contribution in [1.29, 1.82) is 0 Å². The zero-order valence-electron chi connectivity index (χ0n) is 21.0. The van der Waals surface area contributed by atoms with Crippen LogP contribution in [0, 0.1) is 0 Å². The summed E-state index contributed by atoms with van der Waals surface area (Å²) in [5, 5.41) is 3.41. The second-order valence-corrected chi connectivity index (χ2v) is 11.1. The minimum atomic E-state index is -3.68. The Balaban J connectivity index is 2.19. The molecule has 0 spiro atoms. The van der Waals surface area contributed by atoms with E-state index in [2.05, 4.69) is 5.32 Å². The highest BCUT2D eigenvalue weighted by Crippen LogP contribution is 2.31. The molecule has 0 saturated carbocycles. The van der Waals surface area contributed by atoms with Crippen LogP contribution in [0.2, 0.25) is 10.0 Å². The number of hydrogen-bond acceptors (Lipinski definition) is 5. The Kier molecular flexibility index (Phi) is 11.3. The van der Waals surface area contributed by atoms with E-state index in [-0.39, 0.29) is 48.5 Å². The largest absolute Gasteiger partial charge is 0.497 e. The maximum atomic E-state index is 13.3. The normalized spacial score (nSPS) is 12.1. The lowest BCUT2D eigenvalue weighted by Crippen LogP contribution is -2.47. The quantitative estimate of drug-likeness (QED) is 0.391. The number of sulfonamides is 1. The zero-order valence-corrected chi connectivity index (χ0v) is 23.3. The average molecular weight is 559 g/mol. The number of halogens is 2. The van der Waals surface area contributed by atoms with Crippen LogP contribution >= 0.6 is 23.2 Å². The van der Waals surface area contributed by atoms with Crippen molar-refractivity contribution in [2.75, 3.05) is 30.8 Å². The van der Waals surface area contributed by atoms with Crippen molar-refractivity contribution < 1.29 is 22.7 Å². The molecule has 0 aliphatic heterocycles. The molecule has 1 unspecified atom stereocenters. The van der Waals surface area contributed by atoms with Gasteiger partial charge in [0.15, 0.2) is 0 Å². The van der Waals surface area contributed by atoms with Crippen molar-refractivity contribution >= 4 is 50.7 Å². The van der Waals surface area contributed by atoms with Gasteiger partial charge in [-0.2, -0.15) is 0 Å². The monoisotopic (exact) mass is 557 g/mol. The van der Waals surface area contributed by atoms with Crippen LogP contribution in [0.3, 0.4) is 0 Å². The molecule has 198 valence electrons. The maximum Gasteiger partial charge on any atom is 0.242 e. The molecule has 0 saturated heterocycles. The molecule has 0 bridgehead atoms. The lowest BCUT2D eigenvalue weighted by molar-refractivity contribution is -0.140. The fraction of sp³-hybridized carbons (Fsp3) is 0.440. The van der Waals surface area contributed by atoms with Gasteiger partial charge in [0.25, 0.3) is 0 Å². The summed E-state index contributed by atoms with van der Waals surface area (Å²) in [4.78, 5) is 27.5. The highest BCUT2D eigenvalue weighted by molar-refractivity contribution is 7.92. The Morgan fingerprint density at radius 2 is 1.78 bits per heavy atom. The number of methoxy groups -OCH3 is 1. The number of rotatable bonds is 13. The summed E-state index contributed by atoms with van der Waals surface area (Å²) in [6.07, 6.45) is 2.10. The summed E-state index contributed by atoms with van der Waals surface area (Å²) in [6.45, 7) is 4.39. The summed E-state index contributed by atoms with van der Waals surface area (Å²) in [5.74, 6) is 0.170. The predicted octanol–water partition coefficient (Wildman–Crippen LogP) is 4.49. The van der Waals surface area contributed by atoms with Crippen molar-refractivity contribution in [2.45, 2.75) is 45.7 Å². The van der Waals surface area contributed by atoms with E-state index in [0.29, 0.717) is 17.3 Å². The van der Waals surface area contributed by atoms with Gasteiger partial charge in [-0.3, -0.25) is 13.9 Å². The molecular formula is C25H33Cl2N3O5S. The van der Waals surface area contributed by atoms with Crippen LogP contribution in [0.4, 0.5) is 5.69 Å². The highest BCUT2D eigenvalue weighted by atomic mass is 35.5. The number of ether oxygens (including phenoxy) is 1. The van der Waals surface area contributed by atoms with Crippen molar-refractivity contribution in [1.82, 2.24) is 10.2 Å². The molecule has 1 atom stereocenters. The van der Waals surface area contributed by atoms with Gasteiger partial charge in [0.1, 0.15) is 11.8 Å². The molecule has 2 amide bonds. The van der Waals surface area contributed by atoms with Crippen LogP contribution in [0.5, 0.6) is 5.75 Å². The topological polar surface area (TPSA) is 96.0 Å². The third kappa shape index (κ3) is 8.57. The van der Waals surface area contributed by atoms with Crippen LogP contribution in [0.25, 0.3) is 0 Å². The molecule has 0 fully saturated rings. The van der Waals surface area contributed by atoms with Gasteiger partial charge in [-0.05, 0) is 55.7 Å². The Morgan fingerprint density at radius 1 is 1.11 bits per heavy atom. The van der Waals surface area contributed by atoms with Gasteiger partial charge >= 0.3 is 0 Å². The van der Waals surface area contributed by atoms with Crippen LogP contribution in [-0.4, -0.2) is 57.6 Å². The lowest BCUT2D eigenvalue weighted by atomic mass is 10.1. The predicted molar refractivity (Wildman–Crippen MR) is 144 cm³/mol. The molecule has 0 aromatic heterocycles. The summed E-state index contributed by atoms with van der Waals surface area (Å²) in [6, 6.07) is 11.1. The second-order valence-electron chi connectivity index (χ2n) is 8.37. The van der Waals surface area contributed by atoms with Crippen LogP contribution in [0.1, 0.15) is 38.7 Å². The molecule has 36 heavy (non-hydrogen) atoms. The molecule has 2 rings (SSSR count). The summed E-state index contributed by atoms with van der Waals surface area (Å²) < 4.78 is 31.3. The lowest BCUT2D eigenvalue weighted by Gasteiger charge is -2.29. The zero-order chi connectivity index (χ0) is 26.9. The third-order valence-electron chi connectivity index (χ3n) is 5.56. The van der Waals surface area contributed by atoms with E-state index in [1.807, 2.05) is 19.1 Å². The number of benzene rings is 2. The Morgan fingerprint density at radius 3 is 2.36 bits per heavy atom. The fourth-order valence-electron chi connectivity index (χ4n) is 3.57. The minimum Gasteiger partial charge on any atom is -0.497 e. The highest BCUT2D eigenvalue weighted by Gasteiger charge is 2.27. The van der Waals surface area contributed by atoms with E-state index < -0.39 is 16.1 Å². The SMILES string of the molecule is CCCNC(=O)C(C)N(Cc1ccc(OC)cc1)C(=O)CCCN(c1cc(Cl)ccc1Cl)S(C)(=O)=O. The number of carbonyl (C=O) groups is 2. The van der Waals surface area contributed by atoms with E-state index in [1.165, 1.54) is 17.0 Å². The van der Waals surface area contributed by atoms with Crippen LogP contribution < -0.4 is 14.4 Å². The Bertz CT molecular complexity index is 1140. The van der Waals surface area contributed by atoms with Crippen molar-refractivity contribution in [3.8, 4) is 5.75 Å². The van der Waals surface area contributed by atoms with Crippen LogP contribution in [-0.2, 0) is 26.2 Å². The Hall–Kier alpha value is -2.49. The molecule has 0 heterocycles. The van der Waals surface area contributed by atoms with E-state index in [4.69, 9.17) is 27.9 Å². The van der Waals surface area contributed by atoms with E-state index >= 15 is 0 Å². The average Bonchev–Trinajstić information content (AvgIpc) is 2.84. The van der Waals surface area contributed by atoms with Gasteiger partial charge < -0.3 is 15.0 Å². The van der Waals surface area contributed by atoms with Crippen LogP contribution in [0.15, 0.2) is 42.5 Å². The molecule has 1 N–H and O–H groups in total. The number of carbonyl (C=O) groups excluding carboxylic acids is 2. The van der Waals surface area contributed by atoms with Gasteiger partial charge in [-0.15, -0.1) is 0 Å². The fourth-order valence-corrected chi connectivity index (χ4v) is 4.97. The van der Waals surface area contributed by atoms with Gasteiger partial charge in [-0.1, -0.05) is 42.3 Å². The number of amides is 2. The summed E-state index contributed by atoms with van der Waals surface area (Å²) in [7, 11) is -2.11. The molecular weight excluding hydrogens is 525 g/mol. The molecule has 0 radical (unpaired) electrons. The Labute approximate surface area is 223 Å². The molecule has 0 aliphatic rings. The van der Waals surface area contributed by atoms with E-state index in [1.54, 1.807) is 32.2 Å². The molecule has 0 aliphatic carbocycles. The second kappa shape index (κ2) is 13.7. The first-order valence-electron chi connectivity index (χ1n) is 11.6. The van der Waals surface area contributed by atoms with Crippen molar-refractivity contribution in [2.24, 2.45) is 0 Å². The molecule has 11 heteroatoms. The summed E-state index contributed by atoms with van der Waals surface area (Å²) in [5.41, 5.74) is 1.09. The standard InChI is InChI=1S/C25H33Cl2N3O5S/c1-5-14-28-25(32)18(2)29(17-19-8-11-21(35-3)12-9-19)24(31)7-6-15-30(36(4,33)34)23-16-20(26)10-13-22(23)27/h8-13,16,18H,5-7,14-15,17H2,1-4H3,(H,28,32). The first kappa shape index (κ1) is 29.7. The van der Waals surface area contributed by atoms with Crippen molar-refractivity contribution in [3.63, 3.8) is 0 Å². The van der Waals surface area contributed by atoms with E-state index in [9.17, 15) is 18.0 Å².